The van der Waals surface area contributed by atoms with Crippen molar-refractivity contribution >= 4 is 22.5 Å². The summed E-state index contributed by atoms with van der Waals surface area (Å²) in [5.41, 5.74) is 0. The Morgan fingerprint density at radius 2 is 2.05 bits per heavy atom. The van der Waals surface area contributed by atoms with Crippen LogP contribution in [0.1, 0.15) is 12.8 Å². The molecule has 1 unspecified atom stereocenters. The summed E-state index contributed by atoms with van der Waals surface area (Å²) in [6.45, 7) is 2.98. The maximum atomic E-state index is 5.60. The van der Waals surface area contributed by atoms with Gasteiger partial charge >= 0.3 is 0 Å². The molecule has 2 nitrogen and oxygen atoms in total. The highest BCUT2D eigenvalue weighted by atomic mass is 32.2. The predicted molar refractivity (Wildman–Crippen MR) is 86.5 cm³/mol. The molecule has 0 spiro atoms. The van der Waals surface area contributed by atoms with Crippen LogP contribution in [0.2, 0.25) is 0 Å². The summed E-state index contributed by atoms with van der Waals surface area (Å²) < 4.78 is 5.60. The molecule has 3 heteroatoms. The first-order valence-electron chi connectivity index (χ1n) is 7.36. The Morgan fingerprint density at radius 1 is 1.15 bits per heavy atom. The van der Waals surface area contributed by atoms with Crippen molar-refractivity contribution < 1.29 is 4.74 Å². The molecule has 0 aromatic heterocycles. The quantitative estimate of drug-likeness (QED) is 0.646. The SMILES string of the molecule is c1ccc2cc(SCCNCC3CCCO3)ccc2c1. The van der Waals surface area contributed by atoms with E-state index in [0.29, 0.717) is 6.10 Å². The zero-order valence-corrected chi connectivity index (χ0v) is 12.5. The van der Waals surface area contributed by atoms with Crippen molar-refractivity contribution in [2.45, 2.75) is 23.8 Å². The molecular formula is C17H21NOS. The van der Waals surface area contributed by atoms with Gasteiger partial charge < -0.3 is 10.1 Å². The molecule has 0 bridgehead atoms. The summed E-state index contributed by atoms with van der Waals surface area (Å²) in [4.78, 5) is 1.35. The number of hydrogen-bond acceptors (Lipinski definition) is 3. The fourth-order valence-corrected chi connectivity index (χ4v) is 3.42. The minimum absolute atomic E-state index is 0.445. The summed E-state index contributed by atoms with van der Waals surface area (Å²) in [5, 5.41) is 6.13. The van der Waals surface area contributed by atoms with E-state index >= 15 is 0 Å². The predicted octanol–water partition coefficient (Wildman–Crippen LogP) is 3.70. The second kappa shape index (κ2) is 7.11. The van der Waals surface area contributed by atoms with Crippen LogP contribution < -0.4 is 5.32 Å². The lowest BCUT2D eigenvalue weighted by Gasteiger charge is -2.10. The van der Waals surface area contributed by atoms with Crippen molar-refractivity contribution in [2.24, 2.45) is 0 Å². The van der Waals surface area contributed by atoms with Crippen LogP contribution in [0.5, 0.6) is 0 Å². The largest absolute Gasteiger partial charge is 0.377 e. The van der Waals surface area contributed by atoms with Gasteiger partial charge in [0.1, 0.15) is 0 Å². The normalized spacial score (nSPS) is 18.7. The van der Waals surface area contributed by atoms with Crippen molar-refractivity contribution in [1.82, 2.24) is 5.32 Å². The molecule has 3 rings (SSSR count). The van der Waals surface area contributed by atoms with E-state index in [9.17, 15) is 0 Å². The Labute approximate surface area is 124 Å². The highest BCUT2D eigenvalue weighted by molar-refractivity contribution is 7.99. The van der Waals surface area contributed by atoms with E-state index in [1.165, 1.54) is 28.5 Å². The maximum Gasteiger partial charge on any atom is 0.0700 e. The summed E-state index contributed by atoms with van der Waals surface area (Å²) in [6.07, 6.45) is 2.88. The third-order valence-corrected chi connectivity index (χ3v) is 4.66. The Bertz CT molecular complexity index is 551. The number of benzene rings is 2. The summed E-state index contributed by atoms with van der Waals surface area (Å²) in [5.74, 6) is 1.10. The minimum atomic E-state index is 0.445. The van der Waals surface area contributed by atoms with Crippen LogP contribution in [0.15, 0.2) is 47.4 Å². The van der Waals surface area contributed by atoms with Crippen LogP contribution in [-0.2, 0) is 4.74 Å². The molecule has 0 radical (unpaired) electrons. The highest BCUT2D eigenvalue weighted by Crippen LogP contribution is 2.23. The lowest BCUT2D eigenvalue weighted by atomic mass is 10.1. The van der Waals surface area contributed by atoms with Gasteiger partial charge in [0, 0.05) is 30.3 Å². The molecule has 20 heavy (non-hydrogen) atoms. The topological polar surface area (TPSA) is 21.3 Å². The second-order valence-electron chi connectivity index (χ2n) is 5.20. The lowest BCUT2D eigenvalue weighted by Crippen LogP contribution is -2.27. The standard InChI is InChI=1S/C17H21NOS/c1-2-5-15-12-17(8-7-14(15)4-1)20-11-9-18-13-16-6-3-10-19-16/h1-2,4-5,7-8,12,16,18H,3,6,9-11,13H2. The monoisotopic (exact) mass is 287 g/mol. The molecule has 2 aromatic carbocycles. The van der Waals surface area contributed by atoms with Crippen molar-refractivity contribution in [2.75, 3.05) is 25.4 Å². The van der Waals surface area contributed by atoms with Crippen molar-refractivity contribution in [3.05, 3.63) is 42.5 Å². The average molecular weight is 287 g/mol. The molecule has 0 aliphatic carbocycles. The summed E-state index contributed by atoms with van der Waals surface area (Å²) in [7, 11) is 0. The van der Waals surface area contributed by atoms with Gasteiger partial charge in [0.15, 0.2) is 0 Å². The number of thioether (sulfide) groups is 1. The van der Waals surface area contributed by atoms with Gasteiger partial charge in [0.05, 0.1) is 6.10 Å². The zero-order valence-electron chi connectivity index (χ0n) is 11.7. The molecule has 106 valence electrons. The molecule has 1 aliphatic rings. The van der Waals surface area contributed by atoms with E-state index in [-0.39, 0.29) is 0 Å². The number of nitrogens with one attached hydrogen (secondary N) is 1. The van der Waals surface area contributed by atoms with Gasteiger partial charge in [-0.2, -0.15) is 0 Å². The van der Waals surface area contributed by atoms with Gasteiger partial charge in [-0.1, -0.05) is 30.3 Å². The van der Waals surface area contributed by atoms with Crippen molar-refractivity contribution in [1.29, 1.82) is 0 Å². The van der Waals surface area contributed by atoms with E-state index in [4.69, 9.17) is 4.74 Å². The Morgan fingerprint density at radius 3 is 2.90 bits per heavy atom. The molecule has 1 fully saturated rings. The number of fused-ring (bicyclic) bond motifs is 1. The zero-order chi connectivity index (χ0) is 13.6. The van der Waals surface area contributed by atoms with Gasteiger partial charge in [-0.05, 0) is 35.7 Å². The maximum absolute atomic E-state index is 5.60. The van der Waals surface area contributed by atoms with Gasteiger partial charge in [-0.3, -0.25) is 0 Å². The highest BCUT2D eigenvalue weighted by Gasteiger charge is 2.14. The van der Waals surface area contributed by atoms with Gasteiger partial charge in [0.25, 0.3) is 0 Å². The van der Waals surface area contributed by atoms with E-state index in [0.717, 1.165) is 25.4 Å². The van der Waals surface area contributed by atoms with Crippen LogP contribution in [0.25, 0.3) is 10.8 Å². The number of rotatable bonds is 6. The Hall–Kier alpha value is -1.03. The molecule has 1 N–H and O–H groups in total. The van der Waals surface area contributed by atoms with Crippen LogP contribution in [-0.4, -0.2) is 31.6 Å². The van der Waals surface area contributed by atoms with E-state index in [1.54, 1.807) is 0 Å². The Kier molecular flexibility index (Phi) is 4.96. The first-order chi connectivity index (χ1) is 9.92. The van der Waals surface area contributed by atoms with E-state index in [1.807, 2.05) is 11.8 Å². The van der Waals surface area contributed by atoms with E-state index in [2.05, 4.69) is 47.8 Å². The minimum Gasteiger partial charge on any atom is -0.377 e. The van der Waals surface area contributed by atoms with Crippen LogP contribution >= 0.6 is 11.8 Å². The first-order valence-corrected chi connectivity index (χ1v) is 8.34. The smallest absolute Gasteiger partial charge is 0.0700 e. The molecule has 0 amide bonds. The number of ether oxygens (including phenoxy) is 1. The molecule has 1 atom stereocenters. The number of hydrogen-bond donors (Lipinski definition) is 1. The molecule has 0 saturated carbocycles. The molecule has 1 saturated heterocycles. The van der Waals surface area contributed by atoms with Gasteiger partial charge in [-0.15, -0.1) is 11.8 Å². The summed E-state index contributed by atoms with van der Waals surface area (Å²) >= 11 is 1.91. The van der Waals surface area contributed by atoms with Crippen molar-refractivity contribution in [3.63, 3.8) is 0 Å². The lowest BCUT2D eigenvalue weighted by molar-refractivity contribution is 0.110. The summed E-state index contributed by atoms with van der Waals surface area (Å²) in [6, 6.07) is 15.2. The van der Waals surface area contributed by atoms with Crippen LogP contribution in [0, 0.1) is 0 Å². The average Bonchev–Trinajstić information content (AvgIpc) is 3.00. The van der Waals surface area contributed by atoms with Crippen LogP contribution in [0.3, 0.4) is 0 Å². The fourth-order valence-electron chi connectivity index (χ4n) is 2.57. The van der Waals surface area contributed by atoms with E-state index < -0.39 is 0 Å². The first kappa shape index (κ1) is 13.9. The second-order valence-corrected chi connectivity index (χ2v) is 6.36. The molecule has 1 heterocycles. The third-order valence-electron chi connectivity index (χ3n) is 3.66. The third kappa shape index (κ3) is 3.75. The van der Waals surface area contributed by atoms with Crippen molar-refractivity contribution in [3.8, 4) is 0 Å². The van der Waals surface area contributed by atoms with Gasteiger partial charge in [-0.25, -0.2) is 0 Å². The molecule has 1 aliphatic heterocycles. The Balaban J connectivity index is 1.42. The van der Waals surface area contributed by atoms with Crippen LogP contribution in [0.4, 0.5) is 0 Å². The fraction of sp³-hybridized carbons (Fsp3) is 0.412. The van der Waals surface area contributed by atoms with Gasteiger partial charge in [0.2, 0.25) is 0 Å². The molecule has 2 aromatic rings. The molecular weight excluding hydrogens is 266 g/mol.